The van der Waals surface area contributed by atoms with Gasteiger partial charge in [0, 0.05) is 5.41 Å². The highest BCUT2D eigenvalue weighted by molar-refractivity contribution is 6.28. The minimum Gasteiger partial charge on any atom is -0.0654 e. The molecule has 0 heterocycles. The second-order valence-corrected chi connectivity index (χ2v) is 20.2. The van der Waals surface area contributed by atoms with Gasteiger partial charge in [-0.3, -0.25) is 0 Å². The molecule has 69 heavy (non-hydrogen) atoms. The summed E-state index contributed by atoms with van der Waals surface area (Å²) in [4.78, 5) is 0. The number of rotatable bonds is 13. The van der Waals surface area contributed by atoms with E-state index in [4.69, 9.17) is 0 Å². The summed E-state index contributed by atoms with van der Waals surface area (Å²) >= 11 is 0. The molecule has 0 amide bonds. The molecule has 0 atom stereocenters. The zero-order chi connectivity index (χ0) is 46.1. The molecule has 0 bridgehead atoms. The maximum absolute atomic E-state index is 2.67. The van der Waals surface area contributed by atoms with Crippen LogP contribution in [0.25, 0.3) is 120 Å². The van der Waals surface area contributed by atoms with E-state index < -0.39 is 0 Å². The van der Waals surface area contributed by atoms with Crippen LogP contribution in [-0.2, 0) is 5.41 Å². The van der Waals surface area contributed by atoms with E-state index in [0.29, 0.717) is 0 Å². The fourth-order valence-corrected chi connectivity index (χ4v) is 13.2. The molecule has 0 unspecified atom stereocenters. The van der Waals surface area contributed by atoms with Crippen molar-refractivity contribution >= 4 is 75.4 Å². The van der Waals surface area contributed by atoms with Crippen LogP contribution in [0.5, 0.6) is 0 Å². The van der Waals surface area contributed by atoms with Crippen molar-refractivity contribution in [1.29, 1.82) is 0 Å². The van der Waals surface area contributed by atoms with Crippen molar-refractivity contribution in [2.24, 2.45) is 0 Å². The van der Waals surface area contributed by atoms with Gasteiger partial charge in [-0.1, -0.05) is 241 Å². The van der Waals surface area contributed by atoms with E-state index in [9.17, 15) is 0 Å². The molecule has 1 aliphatic rings. The monoisotopic (exact) mass is 886 g/mol. The maximum atomic E-state index is 2.67. The highest BCUT2D eigenvalue weighted by Gasteiger charge is 2.43. The van der Waals surface area contributed by atoms with Crippen molar-refractivity contribution in [1.82, 2.24) is 0 Å². The van der Waals surface area contributed by atoms with Crippen molar-refractivity contribution in [2.75, 3.05) is 0 Å². The number of benzene rings is 12. The van der Waals surface area contributed by atoms with E-state index in [1.165, 1.54) is 190 Å². The average Bonchev–Trinajstić information content (AvgIpc) is 3.66. The molecule has 0 fully saturated rings. The normalized spacial score (nSPS) is 13.2. The molecule has 0 aromatic heterocycles. The van der Waals surface area contributed by atoms with Crippen LogP contribution in [0.3, 0.4) is 0 Å². The molecule has 0 saturated carbocycles. The van der Waals surface area contributed by atoms with Gasteiger partial charge in [0.05, 0.1) is 0 Å². The second-order valence-electron chi connectivity index (χ2n) is 20.2. The van der Waals surface area contributed by atoms with Gasteiger partial charge in [0.1, 0.15) is 0 Å². The molecule has 0 heteroatoms. The number of hydrogen-bond acceptors (Lipinski definition) is 0. The first-order chi connectivity index (χ1) is 34.1. The quantitative estimate of drug-likeness (QED) is 0.0615. The Hall–Kier alpha value is -7.28. The van der Waals surface area contributed by atoms with E-state index >= 15 is 0 Å². The van der Waals surface area contributed by atoms with Crippen molar-refractivity contribution < 1.29 is 0 Å². The topological polar surface area (TPSA) is 0 Å². The standard InChI is InChI=1S/C69H58/c1-3-5-7-17-40-69(41-18-8-6-4-2)62-43-50(52-36-32-47-31-30-45-22-19-23-46-33-39-61(52)66(47)64(45)46)34-37-55(62)56-38-35-51(44-63(56)69)65-57-26-13-15-28-59(57)68(60-29-16-14-27-58(60)65)67-53-24-11-9-20-48(53)42-49-21-10-12-25-54(49)67/h9-16,19-39,42-44H,3-8,17-18,40-41H2,1-2H3. The van der Waals surface area contributed by atoms with Gasteiger partial charge < -0.3 is 0 Å². The van der Waals surface area contributed by atoms with Crippen molar-refractivity contribution in [3.63, 3.8) is 0 Å². The van der Waals surface area contributed by atoms with Crippen LogP contribution in [0.1, 0.15) is 89.2 Å². The minimum atomic E-state index is -0.0879. The van der Waals surface area contributed by atoms with Gasteiger partial charge >= 0.3 is 0 Å². The van der Waals surface area contributed by atoms with Gasteiger partial charge in [0.25, 0.3) is 0 Å². The smallest absolute Gasteiger partial charge is 0.0215 e. The van der Waals surface area contributed by atoms with Crippen molar-refractivity contribution in [2.45, 2.75) is 83.5 Å². The van der Waals surface area contributed by atoms with Crippen LogP contribution >= 0.6 is 0 Å². The first-order valence-corrected chi connectivity index (χ1v) is 26.0. The molecule has 0 aliphatic heterocycles. The number of hydrogen-bond donors (Lipinski definition) is 0. The van der Waals surface area contributed by atoms with E-state index in [-0.39, 0.29) is 5.41 Å². The maximum Gasteiger partial charge on any atom is 0.0215 e. The Balaban J connectivity index is 1.04. The molecule has 13 rings (SSSR count). The predicted octanol–water partition coefficient (Wildman–Crippen LogP) is 20.4. The van der Waals surface area contributed by atoms with E-state index in [1.807, 2.05) is 0 Å². The molecular weight excluding hydrogens is 829 g/mol. The zero-order valence-electron chi connectivity index (χ0n) is 40.0. The first kappa shape index (κ1) is 41.9. The van der Waals surface area contributed by atoms with Crippen molar-refractivity contribution in [3.05, 3.63) is 205 Å². The lowest BCUT2D eigenvalue weighted by Gasteiger charge is -2.33. The van der Waals surface area contributed by atoms with Gasteiger partial charge in [-0.25, -0.2) is 0 Å². The number of fused-ring (bicyclic) bond motifs is 7. The van der Waals surface area contributed by atoms with Gasteiger partial charge in [0.2, 0.25) is 0 Å². The molecule has 0 radical (unpaired) electrons. The molecule has 0 spiro atoms. The third-order valence-electron chi connectivity index (χ3n) is 16.4. The molecule has 0 saturated heterocycles. The van der Waals surface area contributed by atoms with Gasteiger partial charge in [0.15, 0.2) is 0 Å². The summed E-state index contributed by atoms with van der Waals surface area (Å²) in [7, 11) is 0. The lowest BCUT2D eigenvalue weighted by Crippen LogP contribution is -2.25. The number of unbranched alkanes of at least 4 members (excludes halogenated alkanes) is 6. The summed E-state index contributed by atoms with van der Waals surface area (Å²) in [5, 5.41) is 18.5. The van der Waals surface area contributed by atoms with E-state index in [0.717, 1.165) is 0 Å². The highest BCUT2D eigenvalue weighted by Crippen LogP contribution is 2.57. The SMILES string of the molecule is CCCCCCC1(CCCCCC)c2cc(-c3c4ccccc4c(-c4c5ccccc5cc5ccccc45)c4ccccc34)ccc2-c2ccc(-c3ccc4ccc5cccc6ccc3c4c56)cc21. The predicted molar refractivity (Wildman–Crippen MR) is 300 cm³/mol. The van der Waals surface area contributed by atoms with Crippen LogP contribution in [0.15, 0.2) is 194 Å². The molecule has 0 N–H and O–H groups in total. The Morgan fingerprint density at radius 2 is 0.725 bits per heavy atom. The highest BCUT2D eigenvalue weighted by atomic mass is 14.5. The van der Waals surface area contributed by atoms with Crippen LogP contribution in [-0.4, -0.2) is 0 Å². The zero-order valence-corrected chi connectivity index (χ0v) is 40.0. The summed E-state index contributed by atoms with van der Waals surface area (Å²) in [6.45, 7) is 4.69. The largest absolute Gasteiger partial charge is 0.0654 e. The molecule has 12 aromatic rings. The fraction of sp³-hybridized carbons (Fsp3) is 0.188. The van der Waals surface area contributed by atoms with E-state index in [2.05, 4.69) is 208 Å². The molecule has 0 nitrogen and oxygen atoms in total. The first-order valence-electron chi connectivity index (χ1n) is 26.0. The van der Waals surface area contributed by atoms with Gasteiger partial charge in [-0.15, -0.1) is 0 Å². The van der Waals surface area contributed by atoms with Crippen LogP contribution < -0.4 is 0 Å². The third kappa shape index (κ3) is 6.63. The Kier molecular flexibility index (Phi) is 10.3. The van der Waals surface area contributed by atoms with Crippen LogP contribution in [0.4, 0.5) is 0 Å². The Morgan fingerprint density at radius 1 is 0.290 bits per heavy atom. The molecule has 1 aliphatic carbocycles. The lowest BCUT2D eigenvalue weighted by molar-refractivity contribution is 0.401. The lowest BCUT2D eigenvalue weighted by atomic mass is 9.69. The molecular formula is C69H58. The Morgan fingerprint density at radius 3 is 1.30 bits per heavy atom. The summed E-state index contributed by atoms with van der Waals surface area (Å²) in [5.74, 6) is 0. The summed E-state index contributed by atoms with van der Waals surface area (Å²) < 4.78 is 0. The summed E-state index contributed by atoms with van der Waals surface area (Å²) in [6.07, 6.45) is 12.4. The Labute approximate surface area is 406 Å². The summed E-state index contributed by atoms with van der Waals surface area (Å²) in [5.41, 5.74) is 13.8. The fourth-order valence-electron chi connectivity index (χ4n) is 13.2. The van der Waals surface area contributed by atoms with E-state index in [1.54, 1.807) is 5.56 Å². The third-order valence-corrected chi connectivity index (χ3v) is 16.4. The summed E-state index contributed by atoms with van der Waals surface area (Å²) in [6, 6.07) is 74.9. The van der Waals surface area contributed by atoms with Crippen LogP contribution in [0, 0.1) is 0 Å². The second kappa shape index (κ2) is 17.0. The van der Waals surface area contributed by atoms with Gasteiger partial charge in [-0.05, 0) is 162 Å². The average molecular weight is 887 g/mol. The minimum absolute atomic E-state index is 0.0879. The Bertz CT molecular complexity index is 3800. The van der Waals surface area contributed by atoms with Crippen LogP contribution in [0.2, 0.25) is 0 Å². The molecule has 334 valence electrons. The van der Waals surface area contributed by atoms with Gasteiger partial charge in [-0.2, -0.15) is 0 Å². The molecule has 12 aromatic carbocycles. The van der Waals surface area contributed by atoms with Crippen molar-refractivity contribution in [3.8, 4) is 44.5 Å².